The summed E-state index contributed by atoms with van der Waals surface area (Å²) in [5, 5.41) is 1.25. The summed E-state index contributed by atoms with van der Waals surface area (Å²) in [6.07, 6.45) is 2.75. The first-order valence-electron chi connectivity index (χ1n) is 7.63. The number of nitrogens with one attached hydrogen (secondary N) is 1. The van der Waals surface area contributed by atoms with Crippen molar-refractivity contribution in [2.75, 3.05) is 39.0 Å². The molecule has 1 fully saturated rings. The molecule has 2 aromatic rings. The van der Waals surface area contributed by atoms with Crippen molar-refractivity contribution in [3.63, 3.8) is 0 Å². The Bertz CT molecular complexity index is 719. The first-order chi connectivity index (χ1) is 10.7. The number of ether oxygens (including phenoxy) is 1. The van der Waals surface area contributed by atoms with Gasteiger partial charge in [-0.25, -0.2) is 4.79 Å². The monoisotopic (exact) mass is 317 g/mol. The van der Waals surface area contributed by atoms with Gasteiger partial charge < -0.3 is 19.5 Å². The van der Waals surface area contributed by atoms with Gasteiger partial charge in [0.1, 0.15) is 5.75 Å². The Balaban J connectivity index is 1.60. The Morgan fingerprint density at radius 1 is 1.32 bits per heavy atom. The second kappa shape index (κ2) is 5.52. The molecule has 22 heavy (non-hydrogen) atoms. The van der Waals surface area contributed by atoms with Crippen molar-refractivity contribution in [2.24, 2.45) is 0 Å². The van der Waals surface area contributed by atoms with Crippen LogP contribution in [0.25, 0.3) is 10.9 Å². The van der Waals surface area contributed by atoms with E-state index >= 15 is 0 Å². The van der Waals surface area contributed by atoms with Crippen molar-refractivity contribution in [3.05, 3.63) is 23.9 Å². The van der Waals surface area contributed by atoms with Crippen molar-refractivity contribution in [1.82, 2.24) is 14.8 Å². The van der Waals surface area contributed by atoms with Crippen molar-refractivity contribution in [1.29, 1.82) is 0 Å². The second-order valence-electron chi connectivity index (χ2n) is 5.88. The fraction of sp³-hybridized carbons (Fsp3) is 0.438. The molecule has 6 heteroatoms. The number of likely N-dealkylation sites (N-methyl/N-ethyl adjacent to an activating group) is 1. The average Bonchev–Trinajstić information content (AvgIpc) is 3.16. The zero-order valence-corrected chi connectivity index (χ0v) is 13.4. The number of aromatic nitrogens is 1. The molecule has 0 bridgehead atoms. The van der Waals surface area contributed by atoms with Crippen LogP contribution in [0.4, 0.5) is 4.79 Å². The lowest BCUT2D eigenvalue weighted by atomic mass is 10.1. The van der Waals surface area contributed by atoms with E-state index in [2.05, 4.69) is 23.0 Å². The molecule has 5 nitrogen and oxygen atoms in total. The van der Waals surface area contributed by atoms with Crippen LogP contribution in [0.15, 0.2) is 23.2 Å². The summed E-state index contributed by atoms with van der Waals surface area (Å²) in [5.41, 5.74) is 2.35. The third-order valence-corrected chi connectivity index (χ3v) is 5.58. The van der Waals surface area contributed by atoms with Crippen molar-refractivity contribution in [2.45, 2.75) is 11.3 Å². The molecular weight excluding hydrogens is 298 g/mol. The maximum absolute atomic E-state index is 12.4. The molecule has 2 aliphatic heterocycles. The molecule has 0 unspecified atom stereocenters. The van der Waals surface area contributed by atoms with Gasteiger partial charge in [-0.2, -0.15) is 0 Å². The van der Waals surface area contributed by atoms with Crippen LogP contribution < -0.4 is 4.74 Å². The molecule has 2 aliphatic rings. The third-order valence-electron chi connectivity index (χ3n) is 4.43. The van der Waals surface area contributed by atoms with Crippen LogP contribution >= 0.6 is 11.8 Å². The number of fused-ring (bicyclic) bond motifs is 3. The van der Waals surface area contributed by atoms with Gasteiger partial charge in [0.05, 0.1) is 4.90 Å². The third kappa shape index (κ3) is 2.36. The molecule has 0 radical (unpaired) electrons. The van der Waals surface area contributed by atoms with Gasteiger partial charge >= 0.3 is 6.09 Å². The number of carbonyl (C=O) groups is 1. The van der Waals surface area contributed by atoms with E-state index in [0.29, 0.717) is 5.75 Å². The number of thioether (sulfide) groups is 1. The standard InChI is InChI=1S/C16H19N3O2S/c1-18-5-7-19(8-6-18)16(20)21-14-10-13-11(2-4-17-13)12-3-9-22-15(12)14/h2,4,10,17H,3,5-9H2,1H3. The summed E-state index contributed by atoms with van der Waals surface area (Å²) in [4.78, 5) is 20.8. The minimum Gasteiger partial charge on any atom is -0.409 e. The Labute approximate surface area is 133 Å². The summed E-state index contributed by atoms with van der Waals surface area (Å²) in [7, 11) is 2.07. The van der Waals surface area contributed by atoms with Crippen molar-refractivity contribution in [3.8, 4) is 5.75 Å². The Hall–Kier alpha value is -1.66. The number of amides is 1. The van der Waals surface area contributed by atoms with Gasteiger partial charge in [0, 0.05) is 55.1 Å². The summed E-state index contributed by atoms with van der Waals surface area (Å²) >= 11 is 1.78. The number of hydrogen-bond acceptors (Lipinski definition) is 4. The van der Waals surface area contributed by atoms with Gasteiger partial charge in [-0.05, 0) is 25.1 Å². The number of H-pyrrole nitrogens is 1. The number of nitrogens with zero attached hydrogens (tertiary/aromatic N) is 2. The van der Waals surface area contributed by atoms with E-state index in [1.165, 1.54) is 10.9 Å². The molecule has 1 aromatic carbocycles. The molecule has 0 aliphatic carbocycles. The molecule has 0 spiro atoms. The fourth-order valence-corrected chi connectivity index (χ4v) is 4.26. The smallest absolute Gasteiger partial charge is 0.409 e. The lowest BCUT2D eigenvalue weighted by Gasteiger charge is -2.31. The zero-order chi connectivity index (χ0) is 15.1. The van der Waals surface area contributed by atoms with Crippen LogP contribution in [-0.2, 0) is 6.42 Å². The quantitative estimate of drug-likeness (QED) is 0.878. The van der Waals surface area contributed by atoms with Crippen molar-refractivity contribution >= 4 is 28.8 Å². The summed E-state index contributed by atoms with van der Waals surface area (Å²) in [6.45, 7) is 3.26. The number of rotatable bonds is 1. The van der Waals surface area contributed by atoms with Crippen LogP contribution in [-0.4, -0.2) is 59.9 Å². The lowest BCUT2D eigenvalue weighted by Crippen LogP contribution is -2.48. The van der Waals surface area contributed by atoms with E-state index in [0.717, 1.165) is 48.8 Å². The average molecular weight is 317 g/mol. The molecule has 1 saturated heterocycles. The van der Waals surface area contributed by atoms with E-state index in [1.807, 2.05) is 12.3 Å². The van der Waals surface area contributed by atoms with Crippen LogP contribution in [0.1, 0.15) is 5.56 Å². The largest absolute Gasteiger partial charge is 0.415 e. The maximum Gasteiger partial charge on any atom is 0.415 e. The van der Waals surface area contributed by atoms with Gasteiger partial charge in [0.2, 0.25) is 0 Å². The van der Waals surface area contributed by atoms with Crippen LogP contribution in [0.5, 0.6) is 5.75 Å². The Morgan fingerprint density at radius 3 is 2.95 bits per heavy atom. The predicted molar refractivity (Wildman–Crippen MR) is 87.8 cm³/mol. The number of benzene rings is 1. The lowest BCUT2D eigenvalue weighted by molar-refractivity contribution is 0.120. The topological polar surface area (TPSA) is 48.6 Å². The van der Waals surface area contributed by atoms with E-state index in [-0.39, 0.29) is 6.09 Å². The predicted octanol–water partition coefficient (Wildman–Crippen LogP) is 2.56. The Kier molecular flexibility index (Phi) is 3.50. The van der Waals surface area contributed by atoms with Crippen LogP contribution in [0, 0.1) is 0 Å². The summed E-state index contributed by atoms with van der Waals surface area (Å²) in [6, 6.07) is 4.06. The van der Waals surface area contributed by atoms with Crippen LogP contribution in [0.3, 0.4) is 0 Å². The van der Waals surface area contributed by atoms with Gasteiger partial charge in [-0.1, -0.05) is 0 Å². The summed E-state index contributed by atoms with van der Waals surface area (Å²) < 4.78 is 5.74. The number of hydrogen-bond donors (Lipinski definition) is 1. The molecular formula is C16H19N3O2S. The zero-order valence-electron chi connectivity index (χ0n) is 12.6. The molecule has 4 rings (SSSR count). The first-order valence-corrected chi connectivity index (χ1v) is 8.62. The van der Waals surface area contributed by atoms with Gasteiger partial charge in [-0.3, -0.25) is 0 Å². The first kappa shape index (κ1) is 14.0. The van der Waals surface area contributed by atoms with E-state index in [1.54, 1.807) is 16.7 Å². The highest BCUT2D eigenvalue weighted by Crippen LogP contribution is 2.43. The molecule has 3 heterocycles. The molecule has 0 atom stereocenters. The highest BCUT2D eigenvalue weighted by molar-refractivity contribution is 7.99. The van der Waals surface area contributed by atoms with Gasteiger partial charge in [-0.15, -0.1) is 11.8 Å². The van der Waals surface area contributed by atoms with Crippen molar-refractivity contribution < 1.29 is 9.53 Å². The van der Waals surface area contributed by atoms with Gasteiger partial charge in [0.15, 0.2) is 0 Å². The Morgan fingerprint density at radius 2 is 2.14 bits per heavy atom. The minimum atomic E-state index is -0.228. The second-order valence-corrected chi connectivity index (χ2v) is 6.98. The van der Waals surface area contributed by atoms with Crippen LogP contribution in [0.2, 0.25) is 0 Å². The molecule has 116 valence electrons. The highest BCUT2D eigenvalue weighted by atomic mass is 32.2. The van der Waals surface area contributed by atoms with Gasteiger partial charge in [0.25, 0.3) is 0 Å². The molecule has 1 amide bonds. The molecule has 1 N–H and O–H groups in total. The van der Waals surface area contributed by atoms with E-state index in [4.69, 9.17) is 4.74 Å². The number of aromatic amines is 1. The number of piperazine rings is 1. The number of carbonyl (C=O) groups excluding carboxylic acids is 1. The minimum absolute atomic E-state index is 0.228. The summed E-state index contributed by atoms with van der Waals surface area (Å²) in [5.74, 6) is 1.76. The molecule has 0 saturated carbocycles. The maximum atomic E-state index is 12.4. The fourth-order valence-electron chi connectivity index (χ4n) is 3.12. The van der Waals surface area contributed by atoms with E-state index < -0.39 is 0 Å². The molecule has 1 aromatic heterocycles. The van der Waals surface area contributed by atoms with E-state index in [9.17, 15) is 4.79 Å². The highest BCUT2D eigenvalue weighted by Gasteiger charge is 2.25. The SMILES string of the molecule is CN1CCN(C(=O)Oc2cc3[nH]ccc3c3c2SCC3)CC1. The number of aryl methyl sites for hydroxylation is 1. The normalized spacial score (nSPS) is 18.7.